The van der Waals surface area contributed by atoms with Crippen molar-refractivity contribution in [3.63, 3.8) is 0 Å². The quantitative estimate of drug-likeness (QED) is 0.259. The van der Waals surface area contributed by atoms with Gasteiger partial charge in [-0.1, -0.05) is 18.2 Å². The molecule has 28 heavy (non-hydrogen) atoms. The summed E-state index contributed by atoms with van der Waals surface area (Å²) < 4.78 is 5.06. The maximum absolute atomic E-state index is 12.1. The number of benzene rings is 2. The van der Waals surface area contributed by atoms with Crippen molar-refractivity contribution in [2.24, 2.45) is 4.99 Å². The summed E-state index contributed by atoms with van der Waals surface area (Å²) in [5.41, 5.74) is 0.268. The van der Waals surface area contributed by atoms with Gasteiger partial charge >= 0.3 is 5.69 Å². The summed E-state index contributed by atoms with van der Waals surface area (Å²) in [5.74, 6) is -0.627. The Bertz CT molecular complexity index is 1200. The first-order valence-electron chi connectivity index (χ1n) is 7.78. The molecule has 11 heteroatoms. The molecule has 0 unspecified atom stereocenters. The lowest BCUT2D eigenvalue weighted by molar-refractivity contribution is -0.386. The van der Waals surface area contributed by atoms with Crippen LogP contribution in [-0.2, 0) is 0 Å². The molecule has 0 radical (unpaired) electrons. The van der Waals surface area contributed by atoms with E-state index < -0.39 is 21.9 Å². The summed E-state index contributed by atoms with van der Waals surface area (Å²) in [5, 5.41) is 27.4. The summed E-state index contributed by atoms with van der Waals surface area (Å²) in [6.07, 6.45) is 1.35. The number of phenolic OH excluding ortho intramolecular Hbond substituents is 1. The average Bonchev–Trinajstić information content (AvgIpc) is 2.67. The lowest BCUT2D eigenvalue weighted by atomic mass is 10.1. The highest BCUT2D eigenvalue weighted by molar-refractivity contribution is 7.71. The predicted octanol–water partition coefficient (Wildman–Crippen LogP) is 2.87. The van der Waals surface area contributed by atoms with Gasteiger partial charge in [-0.15, -0.1) is 0 Å². The Balaban J connectivity index is 2.07. The SMILES string of the molecule is COc1cc(C=Nc2ccccc2-c2n[nH]c(=S)[nH]c2=O)cc([N+](=O)[O-])c1O. The van der Waals surface area contributed by atoms with E-state index in [1.165, 1.54) is 19.4 Å². The molecular weight excluding hydrogens is 386 g/mol. The Hall–Kier alpha value is -3.86. The normalized spacial score (nSPS) is 10.9. The van der Waals surface area contributed by atoms with Crippen molar-refractivity contribution in [3.8, 4) is 22.8 Å². The van der Waals surface area contributed by atoms with Gasteiger partial charge in [-0.25, -0.2) is 0 Å². The fourth-order valence-corrected chi connectivity index (χ4v) is 2.58. The van der Waals surface area contributed by atoms with Crippen LogP contribution in [0.2, 0.25) is 0 Å². The third-order valence-corrected chi connectivity index (χ3v) is 3.91. The Labute approximate surface area is 162 Å². The van der Waals surface area contributed by atoms with Crippen LogP contribution in [0.1, 0.15) is 5.56 Å². The van der Waals surface area contributed by atoms with Crippen LogP contribution in [0.4, 0.5) is 11.4 Å². The molecule has 0 atom stereocenters. The van der Waals surface area contributed by atoms with Crippen molar-refractivity contribution in [2.75, 3.05) is 7.11 Å². The molecule has 0 bridgehead atoms. The number of nitro groups is 1. The van der Waals surface area contributed by atoms with Crippen LogP contribution < -0.4 is 10.3 Å². The largest absolute Gasteiger partial charge is 0.500 e. The number of aromatic amines is 2. The van der Waals surface area contributed by atoms with Gasteiger partial charge in [0.15, 0.2) is 16.2 Å². The number of nitrogens with one attached hydrogen (secondary N) is 2. The summed E-state index contributed by atoms with van der Waals surface area (Å²) in [7, 11) is 1.28. The summed E-state index contributed by atoms with van der Waals surface area (Å²) in [6.45, 7) is 0. The number of rotatable bonds is 5. The monoisotopic (exact) mass is 399 g/mol. The lowest BCUT2D eigenvalue weighted by Gasteiger charge is -2.06. The molecule has 0 saturated carbocycles. The van der Waals surface area contributed by atoms with Crippen molar-refractivity contribution in [3.05, 3.63) is 67.2 Å². The molecule has 1 heterocycles. The van der Waals surface area contributed by atoms with Crippen LogP contribution in [0.5, 0.6) is 11.5 Å². The summed E-state index contributed by atoms with van der Waals surface area (Å²) in [6, 6.07) is 9.30. The van der Waals surface area contributed by atoms with Gasteiger partial charge in [0.1, 0.15) is 0 Å². The summed E-state index contributed by atoms with van der Waals surface area (Å²) >= 11 is 4.83. The van der Waals surface area contributed by atoms with E-state index in [0.717, 1.165) is 6.07 Å². The van der Waals surface area contributed by atoms with Gasteiger partial charge < -0.3 is 9.84 Å². The molecular formula is C17H13N5O5S. The number of methoxy groups -OCH3 is 1. The number of para-hydroxylation sites is 1. The number of phenols is 1. The number of aromatic hydroxyl groups is 1. The van der Waals surface area contributed by atoms with E-state index in [9.17, 15) is 20.0 Å². The number of hydrogen-bond acceptors (Lipinski definition) is 8. The predicted molar refractivity (Wildman–Crippen MR) is 104 cm³/mol. The number of ether oxygens (including phenoxy) is 1. The van der Waals surface area contributed by atoms with Crippen LogP contribution in [0.25, 0.3) is 11.3 Å². The zero-order valence-electron chi connectivity index (χ0n) is 14.4. The zero-order chi connectivity index (χ0) is 20.3. The molecule has 3 rings (SSSR count). The van der Waals surface area contributed by atoms with E-state index in [-0.39, 0.29) is 16.2 Å². The topological polar surface area (TPSA) is 146 Å². The summed E-state index contributed by atoms with van der Waals surface area (Å²) in [4.78, 5) is 29.3. The highest BCUT2D eigenvalue weighted by Crippen LogP contribution is 2.36. The molecule has 0 saturated heterocycles. The minimum absolute atomic E-state index is 0.0577. The van der Waals surface area contributed by atoms with E-state index in [1.807, 2.05) is 0 Å². The van der Waals surface area contributed by atoms with Crippen molar-refractivity contribution in [1.29, 1.82) is 0 Å². The first kappa shape index (κ1) is 18.9. The first-order valence-corrected chi connectivity index (χ1v) is 8.19. The molecule has 0 spiro atoms. The third-order valence-electron chi connectivity index (χ3n) is 3.72. The number of aliphatic imine (C=N–C) groups is 1. The maximum atomic E-state index is 12.1. The minimum atomic E-state index is -0.723. The molecule has 10 nitrogen and oxygen atoms in total. The Morgan fingerprint density at radius 3 is 2.79 bits per heavy atom. The molecule has 142 valence electrons. The van der Waals surface area contributed by atoms with E-state index in [4.69, 9.17) is 17.0 Å². The second-order valence-corrected chi connectivity index (χ2v) is 5.89. The molecule has 0 amide bonds. The average molecular weight is 399 g/mol. The van der Waals surface area contributed by atoms with Crippen LogP contribution in [0, 0.1) is 14.9 Å². The number of nitrogens with zero attached hydrogens (tertiary/aromatic N) is 3. The smallest absolute Gasteiger partial charge is 0.315 e. The van der Waals surface area contributed by atoms with E-state index >= 15 is 0 Å². The standard InChI is InChI=1S/C17H13N5O5S/c1-27-13-7-9(6-12(15(13)23)22(25)26)8-18-11-5-3-2-4-10(11)14-16(24)19-17(28)21-20-14/h2-8,23H,1H3,(H2,19,21,24,28). The first-order chi connectivity index (χ1) is 13.4. The Morgan fingerprint density at radius 2 is 2.11 bits per heavy atom. The molecule has 3 N–H and O–H groups in total. The van der Waals surface area contributed by atoms with Gasteiger partial charge in [0.25, 0.3) is 5.56 Å². The van der Waals surface area contributed by atoms with Crippen LogP contribution in [-0.4, -0.2) is 38.5 Å². The minimum Gasteiger partial charge on any atom is -0.500 e. The van der Waals surface area contributed by atoms with Gasteiger partial charge in [-0.3, -0.25) is 30.0 Å². The maximum Gasteiger partial charge on any atom is 0.315 e. The molecule has 0 aliphatic heterocycles. The zero-order valence-corrected chi connectivity index (χ0v) is 15.2. The van der Waals surface area contributed by atoms with Crippen LogP contribution in [0.15, 0.2) is 46.2 Å². The Kier molecular flexibility index (Phi) is 5.27. The van der Waals surface area contributed by atoms with Crippen molar-refractivity contribution < 1.29 is 14.8 Å². The number of hydrogen-bond donors (Lipinski definition) is 3. The molecule has 3 aromatic rings. The number of nitro benzene ring substituents is 1. The van der Waals surface area contributed by atoms with Gasteiger partial charge in [0.2, 0.25) is 5.75 Å². The molecule has 1 aromatic heterocycles. The van der Waals surface area contributed by atoms with Crippen molar-refractivity contribution in [2.45, 2.75) is 0 Å². The van der Waals surface area contributed by atoms with E-state index in [0.29, 0.717) is 16.8 Å². The van der Waals surface area contributed by atoms with Crippen LogP contribution >= 0.6 is 12.2 Å². The van der Waals surface area contributed by atoms with Crippen molar-refractivity contribution >= 4 is 29.8 Å². The van der Waals surface area contributed by atoms with Gasteiger partial charge in [-0.2, -0.15) is 5.10 Å². The highest BCUT2D eigenvalue weighted by Gasteiger charge is 2.19. The molecule has 0 aliphatic carbocycles. The van der Waals surface area contributed by atoms with Crippen LogP contribution in [0.3, 0.4) is 0 Å². The van der Waals surface area contributed by atoms with Gasteiger partial charge in [0.05, 0.1) is 17.7 Å². The molecule has 2 aromatic carbocycles. The van der Waals surface area contributed by atoms with Gasteiger partial charge in [0, 0.05) is 23.4 Å². The second-order valence-electron chi connectivity index (χ2n) is 5.48. The fraction of sp³-hybridized carbons (Fsp3) is 0.0588. The van der Waals surface area contributed by atoms with E-state index in [1.54, 1.807) is 24.3 Å². The van der Waals surface area contributed by atoms with Crippen molar-refractivity contribution in [1.82, 2.24) is 15.2 Å². The molecule has 0 aliphatic rings. The number of aromatic nitrogens is 3. The Morgan fingerprint density at radius 1 is 1.36 bits per heavy atom. The highest BCUT2D eigenvalue weighted by atomic mass is 32.1. The lowest BCUT2D eigenvalue weighted by Crippen LogP contribution is -2.12. The number of H-pyrrole nitrogens is 2. The second kappa shape index (κ2) is 7.80. The van der Waals surface area contributed by atoms with Gasteiger partial charge in [-0.05, 0) is 24.4 Å². The molecule has 0 fully saturated rings. The van der Waals surface area contributed by atoms with E-state index in [2.05, 4.69) is 20.2 Å². The fourth-order valence-electron chi connectivity index (χ4n) is 2.44. The third kappa shape index (κ3) is 3.78.